The van der Waals surface area contributed by atoms with Gasteiger partial charge in [0.05, 0.1) is 11.0 Å². The van der Waals surface area contributed by atoms with Crippen molar-refractivity contribution >= 4 is 16.9 Å². The lowest BCUT2D eigenvalue weighted by Crippen LogP contribution is -2.45. The predicted molar refractivity (Wildman–Crippen MR) is 85.8 cm³/mol. The summed E-state index contributed by atoms with van der Waals surface area (Å²) in [7, 11) is 1.76. The molecule has 6 nitrogen and oxygen atoms in total. The largest absolute Gasteiger partial charge is 0.352 e. The maximum Gasteiger partial charge on any atom is 0.328 e. The van der Waals surface area contributed by atoms with E-state index >= 15 is 0 Å². The lowest BCUT2D eigenvalue weighted by molar-refractivity contribution is -0.122. The highest BCUT2D eigenvalue weighted by Crippen LogP contribution is 2.11. The number of amides is 1. The molecule has 3 rings (SSSR count). The Hall–Kier alpha value is -2.08. The number of hydrogen-bond acceptors (Lipinski definition) is 3. The third-order valence-electron chi connectivity index (χ3n) is 4.28. The molecular weight excluding hydrogens is 280 g/mol. The van der Waals surface area contributed by atoms with Gasteiger partial charge in [-0.1, -0.05) is 12.1 Å². The number of imidazole rings is 1. The Morgan fingerprint density at radius 3 is 2.86 bits per heavy atom. The van der Waals surface area contributed by atoms with Gasteiger partial charge in [-0.05, 0) is 31.5 Å². The first-order chi connectivity index (χ1) is 10.7. The molecule has 1 aromatic heterocycles. The van der Waals surface area contributed by atoms with Gasteiger partial charge in [0, 0.05) is 32.6 Å². The second-order valence-electron chi connectivity index (χ2n) is 5.84. The SMILES string of the molecule is Cn1c(=O)n(CCC(=O)NC2CCCNC2)c2ccccc21. The van der Waals surface area contributed by atoms with Gasteiger partial charge in [-0.2, -0.15) is 0 Å². The number of nitrogens with one attached hydrogen (secondary N) is 2. The van der Waals surface area contributed by atoms with Crippen LogP contribution in [0.5, 0.6) is 0 Å². The topological polar surface area (TPSA) is 68.1 Å². The van der Waals surface area contributed by atoms with E-state index in [9.17, 15) is 9.59 Å². The Morgan fingerprint density at radius 2 is 2.14 bits per heavy atom. The van der Waals surface area contributed by atoms with E-state index in [0.717, 1.165) is 37.0 Å². The van der Waals surface area contributed by atoms with Gasteiger partial charge < -0.3 is 10.6 Å². The minimum absolute atomic E-state index is 0.00790. The van der Waals surface area contributed by atoms with Crippen LogP contribution in [-0.4, -0.2) is 34.2 Å². The van der Waals surface area contributed by atoms with Crippen LogP contribution in [0.4, 0.5) is 0 Å². The number of carbonyl (C=O) groups is 1. The Balaban J connectivity index is 1.67. The molecule has 0 saturated carbocycles. The number of nitrogens with zero attached hydrogens (tertiary/aromatic N) is 2. The van der Waals surface area contributed by atoms with Crippen LogP contribution in [0.2, 0.25) is 0 Å². The van der Waals surface area contributed by atoms with Gasteiger partial charge in [0.15, 0.2) is 0 Å². The van der Waals surface area contributed by atoms with E-state index in [-0.39, 0.29) is 17.6 Å². The van der Waals surface area contributed by atoms with Crippen molar-refractivity contribution in [1.29, 1.82) is 0 Å². The monoisotopic (exact) mass is 302 g/mol. The normalized spacial score (nSPS) is 18.5. The van der Waals surface area contributed by atoms with E-state index in [0.29, 0.717) is 13.0 Å². The summed E-state index contributed by atoms with van der Waals surface area (Å²) in [6.45, 7) is 2.27. The molecule has 1 atom stereocenters. The fraction of sp³-hybridized carbons (Fsp3) is 0.500. The van der Waals surface area contributed by atoms with Gasteiger partial charge in [-0.25, -0.2) is 4.79 Å². The number of piperidine rings is 1. The summed E-state index contributed by atoms with van der Waals surface area (Å²) in [4.78, 5) is 24.4. The molecule has 1 aromatic carbocycles. The molecule has 0 spiro atoms. The van der Waals surface area contributed by atoms with Crippen molar-refractivity contribution in [1.82, 2.24) is 19.8 Å². The molecule has 1 aliphatic heterocycles. The van der Waals surface area contributed by atoms with Crippen LogP contribution in [0, 0.1) is 0 Å². The van der Waals surface area contributed by atoms with Crippen molar-refractivity contribution in [2.45, 2.75) is 31.8 Å². The van der Waals surface area contributed by atoms with Crippen molar-refractivity contribution in [2.24, 2.45) is 7.05 Å². The molecule has 1 aliphatic rings. The molecule has 2 heterocycles. The van der Waals surface area contributed by atoms with E-state index in [1.807, 2.05) is 24.3 Å². The zero-order valence-corrected chi connectivity index (χ0v) is 12.8. The van der Waals surface area contributed by atoms with Gasteiger partial charge in [0.2, 0.25) is 5.91 Å². The van der Waals surface area contributed by atoms with Crippen LogP contribution >= 0.6 is 0 Å². The van der Waals surface area contributed by atoms with E-state index in [4.69, 9.17) is 0 Å². The third kappa shape index (κ3) is 2.92. The molecule has 0 aliphatic carbocycles. The zero-order valence-electron chi connectivity index (χ0n) is 12.8. The van der Waals surface area contributed by atoms with Gasteiger partial charge in [-0.15, -0.1) is 0 Å². The highest BCUT2D eigenvalue weighted by molar-refractivity contribution is 5.78. The molecule has 22 heavy (non-hydrogen) atoms. The Kier molecular flexibility index (Phi) is 4.29. The maximum atomic E-state index is 12.3. The summed E-state index contributed by atoms with van der Waals surface area (Å²) in [5.74, 6) is 0.00790. The molecule has 0 radical (unpaired) electrons. The Bertz CT molecular complexity index is 725. The number of benzene rings is 1. The van der Waals surface area contributed by atoms with Crippen molar-refractivity contribution < 1.29 is 4.79 Å². The molecular formula is C16H22N4O2. The average molecular weight is 302 g/mol. The molecule has 1 fully saturated rings. The number of aryl methyl sites for hydroxylation is 2. The molecule has 1 unspecified atom stereocenters. The van der Waals surface area contributed by atoms with E-state index < -0.39 is 0 Å². The van der Waals surface area contributed by atoms with E-state index in [1.54, 1.807) is 16.2 Å². The van der Waals surface area contributed by atoms with Gasteiger partial charge in [0.25, 0.3) is 0 Å². The van der Waals surface area contributed by atoms with Gasteiger partial charge in [-0.3, -0.25) is 13.9 Å². The first kappa shape index (κ1) is 14.8. The minimum atomic E-state index is -0.0756. The second kappa shape index (κ2) is 6.36. The number of carbonyl (C=O) groups excluding carboxylic acids is 1. The van der Waals surface area contributed by atoms with Gasteiger partial charge >= 0.3 is 5.69 Å². The van der Waals surface area contributed by atoms with Crippen LogP contribution in [-0.2, 0) is 18.4 Å². The first-order valence-corrected chi connectivity index (χ1v) is 7.81. The highest BCUT2D eigenvalue weighted by atomic mass is 16.2. The number of aromatic nitrogens is 2. The third-order valence-corrected chi connectivity index (χ3v) is 4.28. The molecule has 2 aromatic rings. The molecule has 6 heteroatoms. The smallest absolute Gasteiger partial charge is 0.328 e. The first-order valence-electron chi connectivity index (χ1n) is 7.81. The van der Waals surface area contributed by atoms with Crippen LogP contribution in [0.25, 0.3) is 11.0 Å². The second-order valence-corrected chi connectivity index (χ2v) is 5.84. The molecule has 0 bridgehead atoms. The number of fused-ring (bicyclic) bond motifs is 1. The summed E-state index contributed by atoms with van der Waals surface area (Å²) in [6.07, 6.45) is 2.44. The van der Waals surface area contributed by atoms with E-state index in [1.165, 1.54) is 0 Å². The lowest BCUT2D eigenvalue weighted by atomic mass is 10.1. The number of para-hydroxylation sites is 2. The zero-order chi connectivity index (χ0) is 15.5. The Morgan fingerprint density at radius 1 is 1.36 bits per heavy atom. The van der Waals surface area contributed by atoms with Gasteiger partial charge in [0.1, 0.15) is 0 Å². The van der Waals surface area contributed by atoms with Crippen LogP contribution in [0.3, 0.4) is 0 Å². The molecule has 1 saturated heterocycles. The molecule has 1 amide bonds. The van der Waals surface area contributed by atoms with Crippen LogP contribution in [0.15, 0.2) is 29.1 Å². The molecule has 118 valence electrons. The fourth-order valence-corrected chi connectivity index (χ4v) is 3.07. The van der Waals surface area contributed by atoms with Crippen LogP contribution < -0.4 is 16.3 Å². The predicted octanol–water partition coefficient (Wildman–Crippen LogP) is 0.598. The number of hydrogen-bond donors (Lipinski definition) is 2. The standard InChI is InChI=1S/C16H22N4O2/c1-19-13-6-2-3-7-14(13)20(16(19)22)10-8-15(21)18-12-5-4-9-17-11-12/h2-3,6-7,12,17H,4-5,8-11H2,1H3,(H,18,21). The Labute approximate surface area is 129 Å². The van der Waals surface area contributed by atoms with Crippen molar-refractivity contribution in [2.75, 3.05) is 13.1 Å². The summed E-state index contributed by atoms with van der Waals surface area (Å²) in [5.41, 5.74) is 1.69. The summed E-state index contributed by atoms with van der Waals surface area (Å²) in [6, 6.07) is 7.87. The highest BCUT2D eigenvalue weighted by Gasteiger charge is 2.16. The summed E-state index contributed by atoms with van der Waals surface area (Å²) >= 11 is 0. The quantitative estimate of drug-likeness (QED) is 0.869. The lowest BCUT2D eigenvalue weighted by Gasteiger charge is -2.23. The van der Waals surface area contributed by atoms with E-state index in [2.05, 4.69) is 10.6 Å². The van der Waals surface area contributed by atoms with Crippen molar-refractivity contribution in [3.63, 3.8) is 0 Å². The maximum absolute atomic E-state index is 12.3. The average Bonchev–Trinajstić information content (AvgIpc) is 2.78. The minimum Gasteiger partial charge on any atom is -0.352 e. The number of rotatable bonds is 4. The van der Waals surface area contributed by atoms with Crippen molar-refractivity contribution in [3.05, 3.63) is 34.7 Å². The van der Waals surface area contributed by atoms with Crippen LogP contribution in [0.1, 0.15) is 19.3 Å². The summed E-state index contributed by atoms with van der Waals surface area (Å²) < 4.78 is 3.30. The summed E-state index contributed by atoms with van der Waals surface area (Å²) in [5, 5.41) is 6.32. The molecule has 2 N–H and O–H groups in total. The van der Waals surface area contributed by atoms with Crippen molar-refractivity contribution in [3.8, 4) is 0 Å². The fourth-order valence-electron chi connectivity index (χ4n) is 3.07.